The van der Waals surface area contributed by atoms with E-state index in [1.807, 2.05) is 35.2 Å². The molecule has 1 aromatic carbocycles. The van der Waals surface area contributed by atoms with Crippen molar-refractivity contribution in [1.82, 2.24) is 34.7 Å². The summed E-state index contributed by atoms with van der Waals surface area (Å²) in [6.07, 6.45) is 14.9. The number of imidazole rings is 1. The fourth-order valence-corrected chi connectivity index (χ4v) is 5.70. The molecule has 8 heteroatoms. The minimum absolute atomic E-state index is 0.122. The zero-order valence-corrected chi connectivity index (χ0v) is 21.2. The van der Waals surface area contributed by atoms with Crippen LogP contribution in [0, 0.1) is 5.92 Å². The van der Waals surface area contributed by atoms with Gasteiger partial charge >= 0.3 is 5.69 Å². The van der Waals surface area contributed by atoms with Crippen molar-refractivity contribution in [3.05, 3.63) is 70.7 Å². The van der Waals surface area contributed by atoms with Crippen molar-refractivity contribution in [1.29, 1.82) is 0 Å². The van der Waals surface area contributed by atoms with E-state index in [1.54, 1.807) is 0 Å². The Morgan fingerprint density at radius 1 is 1.06 bits per heavy atom. The maximum absolute atomic E-state index is 13.8. The summed E-state index contributed by atoms with van der Waals surface area (Å²) in [5.74, 6) is 1.24. The quantitative estimate of drug-likeness (QED) is 0.323. The topological polar surface area (TPSA) is 94.3 Å². The second-order valence-corrected chi connectivity index (χ2v) is 9.91. The number of rotatable bonds is 10. The smallest absolute Gasteiger partial charge is 0.296 e. The SMILES string of the molecule is CCCCc1cn(C2CCCC2CCC)c(=O)n1Cc1cnccc1-c1ccc(-c2nnn[nH]2)cc1. The van der Waals surface area contributed by atoms with E-state index in [4.69, 9.17) is 0 Å². The lowest BCUT2D eigenvalue weighted by atomic mass is 9.98. The first kappa shape index (κ1) is 24.2. The highest BCUT2D eigenvalue weighted by Gasteiger charge is 2.30. The van der Waals surface area contributed by atoms with Crippen molar-refractivity contribution in [3.8, 4) is 22.5 Å². The largest absolute Gasteiger partial charge is 0.328 e. The number of benzene rings is 1. The predicted molar refractivity (Wildman–Crippen MR) is 141 cm³/mol. The van der Waals surface area contributed by atoms with Gasteiger partial charge in [0, 0.05) is 35.9 Å². The van der Waals surface area contributed by atoms with Crippen molar-refractivity contribution >= 4 is 0 Å². The molecular weight excluding hydrogens is 450 g/mol. The number of H-pyrrole nitrogens is 1. The summed E-state index contributed by atoms with van der Waals surface area (Å²) >= 11 is 0. The Kier molecular flexibility index (Phi) is 7.39. The zero-order chi connectivity index (χ0) is 24.9. The van der Waals surface area contributed by atoms with Crippen LogP contribution in [-0.2, 0) is 13.0 Å². The van der Waals surface area contributed by atoms with Crippen molar-refractivity contribution in [2.45, 2.75) is 77.8 Å². The fraction of sp³-hybridized carbons (Fsp3) is 0.464. The molecule has 0 amide bonds. The molecule has 0 spiro atoms. The molecule has 1 aliphatic rings. The van der Waals surface area contributed by atoms with Crippen LogP contribution in [0.25, 0.3) is 22.5 Å². The van der Waals surface area contributed by atoms with Crippen LogP contribution in [0.3, 0.4) is 0 Å². The normalized spacial score (nSPS) is 17.6. The molecular formula is C28H35N7O. The molecule has 1 fully saturated rings. The third-order valence-corrected chi connectivity index (χ3v) is 7.56. The van der Waals surface area contributed by atoms with Crippen LogP contribution in [0.4, 0.5) is 0 Å². The molecule has 0 aliphatic heterocycles. The molecule has 2 unspecified atom stereocenters. The summed E-state index contributed by atoms with van der Waals surface area (Å²) in [5.41, 5.74) is 5.38. The maximum Gasteiger partial charge on any atom is 0.328 e. The molecule has 36 heavy (non-hydrogen) atoms. The Balaban J connectivity index is 1.48. The van der Waals surface area contributed by atoms with Crippen LogP contribution < -0.4 is 5.69 Å². The zero-order valence-electron chi connectivity index (χ0n) is 21.2. The number of aromatic nitrogens is 7. The van der Waals surface area contributed by atoms with E-state index in [0.29, 0.717) is 24.3 Å². The minimum Gasteiger partial charge on any atom is -0.296 e. The van der Waals surface area contributed by atoms with E-state index in [1.165, 1.54) is 25.7 Å². The maximum atomic E-state index is 13.8. The van der Waals surface area contributed by atoms with Crippen molar-refractivity contribution in [2.75, 3.05) is 0 Å². The van der Waals surface area contributed by atoms with Crippen LogP contribution >= 0.6 is 0 Å². The average Bonchev–Trinajstić information content (AvgIpc) is 3.66. The van der Waals surface area contributed by atoms with Crippen molar-refractivity contribution in [2.24, 2.45) is 5.92 Å². The third-order valence-electron chi connectivity index (χ3n) is 7.56. The van der Waals surface area contributed by atoms with Gasteiger partial charge in [-0.05, 0) is 71.2 Å². The van der Waals surface area contributed by atoms with Crippen LogP contribution in [0.2, 0.25) is 0 Å². The lowest BCUT2D eigenvalue weighted by Crippen LogP contribution is -2.30. The average molecular weight is 486 g/mol. The molecule has 3 heterocycles. The highest BCUT2D eigenvalue weighted by molar-refractivity contribution is 5.69. The summed E-state index contributed by atoms with van der Waals surface area (Å²) in [5, 5.41) is 14.1. The molecule has 4 aromatic rings. The summed E-state index contributed by atoms with van der Waals surface area (Å²) in [4.78, 5) is 18.2. The first-order chi connectivity index (χ1) is 17.7. The van der Waals surface area contributed by atoms with Gasteiger partial charge in [-0.25, -0.2) is 9.89 Å². The van der Waals surface area contributed by atoms with Crippen LogP contribution in [0.5, 0.6) is 0 Å². The van der Waals surface area contributed by atoms with Crippen molar-refractivity contribution < 1.29 is 0 Å². The van der Waals surface area contributed by atoms with Crippen LogP contribution in [0.15, 0.2) is 53.7 Å². The van der Waals surface area contributed by atoms with Gasteiger partial charge in [-0.2, -0.15) is 0 Å². The first-order valence-electron chi connectivity index (χ1n) is 13.3. The summed E-state index contributed by atoms with van der Waals surface area (Å²) in [7, 11) is 0. The molecule has 188 valence electrons. The van der Waals surface area contributed by atoms with Gasteiger partial charge in [0.25, 0.3) is 0 Å². The molecule has 8 nitrogen and oxygen atoms in total. The van der Waals surface area contributed by atoms with Gasteiger partial charge in [0.15, 0.2) is 5.82 Å². The molecule has 3 aromatic heterocycles. The van der Waals surface area contributed by atoms with Crippen LogP contribution in [-0.4, -0.2) is 34.7 Å². The molecule has 1 saturated carbocycles. The summed E-state index contributed by atoms with van der Waals surface area (Å²) in [6.45, 7) is 4.97. The number of hydrogen-bond acceptors (Lipinski definition) is 5. The van der Waals surface area contributed by atoms with E-state index in [9.17, 15) is 4.79 Å². The highest BCUT2D eigenvalue weighted by Crippen LogP contribution is 2.38. The van der Waals surface area contributed by atoms with Gasteiger partial charge in [-0.1, -0.05) is 57.4 Å². The number of nitrogens with zero attached hydrogens (tertiary/aromatic N) is 6. The third kappa shape index (κ3) is 4.90. The van der Waals surface area contributed by atoms with Gasteiger partial charge in [0.2, 0.25) is 0 Å². The number of aryl methyl sites for hydroxylation is 1. The van der Waals surface area contributed by atoms with Gasteiger partial charge in [0.05, 0.1) is 6.54 Å². The highest BCUT2D eigenvalue weighted by atomic mass is 16.1. The molecule has 1 aliphatic carbocycles. The number of aromatic amines is 1. The Morgan fingerprint density at radius 3 is 2.64 bits per heavy atom. The monoisotopic (exact) mass is 485 g/mol. The standard InChI is InChI=1S/C28H35N7O/c1-3-5-9-24-19-35(26-10-6-8-21(26)7-4-2)28(36)34(24)18-23-17-29-16-15-25(23)20-11-13-22(14-12-20)27-30-32-33-31-27/h11-17,19,21,26H,3-10,18H2,1-2H3,(H,30,31,32,33). The van der Waals surface area contributed by atoms with E-state index < -0.39 is 0 Å². The molecule has 5 rings (SSSR count). The lowest BCUT2D eigenvalue weighted by Gasteiger charge is -2.19. The molecule has 0 radical (unpaired) electrons. The second kappa shape index (κ2) is 11.0. The number of nitrogens with one attached hydrogen (secondary N) is 1. The molecule has 0 bridgehead atoms. The summed E-state index contributed by atoms with van der Waals surface area (Å²) < 4.78 is 4.06. The molecule has 2 atom stereocenters. The van der Waals surface area contributed by atoms with E-state index in [0.717, 1.165) is 53.6 Å². The predicted octanol–water partition coefficient (Wildman–Crippen LogP) is 5.42. The van der Waals surface area contributed by atoms with Gasteiger partial charge in [0.1, 0.15) is 0 Å². The Morgan fingerprint density at radius 2 is 1.89 bits per heavy atom. The Hall–Kier alpha value is -3.55. The van der Waals surface area contributed by atoms with E-state index in [2.05, 4.69) is 62.4 Å². The van der Waals surface area contributed by atoms with Gasteiger partial charge in [-0.15, -0.1) is 5.10 Å². The summed E-state index contributed by atoms with van der Waals surface area (Å²) in [6, 6.07) is 10.5. The van der Waals surface area contributed by atoms with E-state index in [-0.39, 0.29) is 5.69 Å². The fourth-order valence-electron chi connectivity index (χ4n) is 5.70. The molecule has 1 N–H and O–H groups in total. The van der Waals surface area contributed by atoms with Gasteiger partial charge in [-0.3, -0.25) is 14.1 Å². The number of hydrogen-bond donors (Lipinski definition) is 1. The minimum atomic E-state index is 0.122. The van der Waals surface area contributed by atoms with E-state index >= 15 is 0 Å². The van der Waals surface area contributed by atoms with Gasteiger partial charge < -0.3 is 0 Å². The first-order valence-corrected chi connectivity index (χ1v) is 13.3. The molecule has 0 saturated heterocycles. The Labute approximate surface area is 211 Å². The van der Waals surface area contributed by atoms with Crippen LogP contribution in [0.1, 0.15) is 76.1 Å². The number of pyridine rings is 1. The second-order valence-electron chi connectivity index (χ2n) is 9.91. The number of unbranched alkanes of at least 4 members (excludes halogenated alkanes) is 1. The Bertz CT molecular complexity index is 1320. The number of tetrazole rings is 1. The lowest BCUT2D eigenvalue weighted by molar-refractivity contribution is 0.346. The van der Waals surface area contributed by atoms with Crippen molar-refractivity contribution in [3.63, 3.8) is 0 Å².